The van der Waals surface area contributed by atoms with E-state index in [1.165, 1.54) is 27.6 Å². The summed E-state index contributed by atoms with van der Waals surface area (Å²) in [7, 11) is 0. The van der Waals surface area contributed by atoms with E-state index in [2.05, 4.69) is 54.9 Å². The van der Waals surface area contributed by atoms with Crippen LogP contribution in [0.5, 0.6) is 0 Å². The second-order valence-electron chi connectivity index (χ2n) is 7.47. The number of hydrogen-bond acceptors (Lipinski definition) is 9. The molecule has 1 fully saturated rings. The highest BCUT2D eigenvalue weighted by molar-refractivity contribution is 7.98. The van der Waals surface area contributed by atoms with Gasteiger partial charge in [-0.2, -0.15) is 9.61 Å². The Morgan fingerprint density at radius 3 is 2.81 bits per heavy atom. The van der Waals surface area contributed by atoms with Gasteiger partial charge in [0.05, 0.1) is 24.6 Å². The van der Waals surface area contributed by atoms with E-state index in [1.54, 1.807) is 6.07 Å². The number of morpholine rings is 1. The molecular formula is C21H23N7O2S2. The predicted molar refractivity (Wildman–Crippen MR) is 125 cm³/mol. The predicted octanol–water partition coefficient (Wildman–Crippen LogP) is 2.73. The van der Waals surface area contributed by atoms with Gasteiger partial charge in [0.15, 0.2) is 5.16 Å². The summed E-state index contributed by atoms with van der Waals surface area (Å²) in [6, 6.07) is 9.84. The fourth-order valence-electron chi connectivity index (χ4n) is 3.57. The molecule has 0 amide bonds. The van der Waals surface area contributed by atoms with Crippen molar-refractivity contribution >= 4 is 34.0 Å². The second-order valence-corrected chi connectivity index (χ2v) is 9.46. The van der Waals surface area contributed by atoms with Gasteiger partial charge in [0.1, 0.15) is 5.01 Å². The Hall–Kier alpha value is -2.76. The summed E-state index contributed by atoms with van der Waals surface area (Å²) in [5.41, 5.74) is 2.73. The standard InChI is InChI=1S/C21H23N7O2S2/c1-3-17-25-28-18(29)12-15(22-20(28)32-17)13-31-21-24-23-19(26-7-9-30-10-8-26)27(21)16-6-4-5-14(2)11-16/h4-6,11-12H,3,7-10,13H2,1-2H3. The zero-order chi connectivity index (χ0) is 22.1. The van der Waals surface area contributed by atoms with Gasteiger partial charge in [-0.05, 0) is 31.0 Å². The molecule has 4 aromatic rings. The van der Waals surface area contributed by atoms with Gasteiger partial charge in [0, 0.05) is 24.9 Å². The van der Waals surface area contributed by atoms with Gasteiger partial charge in [0.25, 0.3) is 5.56 Å². The lowest BCUT2D eigenvalue weighted by Gasteiger charge is -2.28. The van der Waals surface area contributed by atoms with Crippen molar-refractivity contribution in [1.29, 1.82) is 0 Å². The molecular weight excluding hydrogens is 446 g/mol. The number of ether oxygens (including phenoxy) is 1. The number of aromatic nitrogens is 6. The first-order chi connectivity index (χ1) is 15.6. The summed E-state index contributed by atoms with van der Waals surface area (Å²) in [5.74, 6) is 1.32. The number of thioether (sulfide) groups is 1. The topological polar surface area (TPSA) is 90.4 Å². The summed E-state index contributed by atoms with van der Waals surface area (Å²) < 4.78 is 8.96. The Kier molecular flexibility index (Phi) is 5.94. The number of rotatable bonds is 6. The van der Waals surface area contributed by atoms with E-state index >= 15 is 0 Å². The van der Waals surface area contributed by atoms with Crippen LogP contribution in [0, 0.1) is 6.92 Å². The van der Waals surface area contributed by atoms with Crippen LogP contribution in [0.2, 0.25) is 0 Å². The van der Waals surface area contributed by atoms with Crippen LogP contribution in [0.25, 0.3) is 10.6 Å². The number of fused-ring (bicyclic) bond motifs is 1. The number of aryl methyl sites for hydroxylation is 2. The van der Waals surface area contributed by atoms with Crippen LogP contribution in [-0.2, 0) is 16.9 Å². The van der Waals surface area contributed by atoms with E-state index in [1.807, 2.05) is 13.0 Å². The van der Waals surface area contributed by atoms with Crippen molar-refractivity contribution in [2.75, 3.05) is 31.2 Å². The molecule has 0 atom stereocenters. The third-order valence-corrected chi connectivity index (χ3v) is 7.18. The van der Waals surface area contributed by atoms with Crippen LogP contribution >= 0.6 is 23.1 Å². The molecule has 166 valence electrons. The first-order valence-electron chi connectivity index (χ1n) is 10.5. The maximum absolute atomic E-state index is 12.5. The second kappa shape index (κ2) is 9.00. The number of hydrogen-bond donors (Lipinski definition) is 0. The lowest BCUT2D eigenvalue weighted by atomic mass is 10.2. The van der Waals surface area contributed by atoms with Crippen molar-refractivity contribution < 1.29 is 4.74 Å². The molecule has 0 N–H and O–H groups in total. The molecule has 5 rings (SSSR count). The first-order valence-corrected chi connectivity index (χ1v) is 12.3. The van der Waals surface area contributed by atoms with Crippen LogP contribution < -0.4 is 10.5 Å². The van der Waals surface area contributed by atoms with E-state index in [0.717, 1.165) is 46.9 Å². The summed E-state index contributed by atoms with van der Waals surface area (Å²) in [5, 5.41) is 15.0. The van der Waals surface area contributed by atoms with Gasteiger partial charge >= 0.3 is 0 Å². The van der Waals surface area contributed by atoms with Gasteiger partial charge < -0.3 is 9.64 Å². The van der Waals surface area contributed by atoms with Crippen molar-refractivity contribution in [3.8, 4) is 5.69 Å². The normalized spacial score (nSPS) is 14.4. The minimum atomic E-state index is -0.157. The Labute approximate surface area is 193 Å². The quantitative estimate of drug-likeness (QED) is 0.398. The molecule has 32 heavy (non-hydrogen) atoms. The summed E-state index contributed by atoms with van der Waals surface area (Å²) in [6.07, 6.45) is 0.779. The van der Waals surface area contributed by atoms with Crippen LogP contribution in [0.4, 0.5) is 5.95 Å². The maximum Gasteiger partial charge on any atom is 0.275 e. The minimum absolute atomic E-state index is 0.157. The van der Waals surface area contributed by atoms with Gasteiger partial charge in [0.2, 0.25) is 10.9 Å². The molecule has 1 aliphatic rings. The van der Waals surface area contributed by atoms with Crippen LogP contribution in [-0.4, -0.2) is 55.7 Å². The SMILES string of the molecule is CCc1nn2c(=O)cc(CSc3nnc(N4CCOCC4)n3-c3cccc(C)c3)nc2s1. The highest BCUT2D eigenvalue weighted by Gasteiger charge is 2.22. The third kappa shape index (κ3) is 4.15. The maximum atomic E-state index is 12.5. The highest BCUT2D eigenvalue weighted by Crippen LogP contribution is 2.29. The fraction of sp³-hybridized carbons (Fsp3) is 0.381. The molecule has 4 heterocycles. The van der Waals surface area contributed by atoms with Crippen LogP contribution in [0.15, 0.2) is 40.3 Å². The largest absolute Gasteiger partial charge is 0.378 e. The lowest BCUT2D eigenvalue weighted by molar-refractivity contribution is 0.122. The van der Waals surface area contributed by atoms with Gasteiger partial charge in [-0.25, -0.2) is 4.98 Å². The lowest BCUT2D eigenvalue weighted by Crippen LogP contribution is -2.37. The summed E-state index contributed by atoms with van der Waals surface area (Å²) >= 11 is 2.97. The number of nitrogens with zero attached hydrogens (tertiary/aromatic N) is 7. The molecule has 11 heteroatoms. The fourth-order valence-corrected chi connectivity index (χ4v) is 5.27. The van der Waals surface area contributed by atoms with Gasteiger partial charge in [-0.1, -0.05) is 42.2 Å². The summed E-state index contributed by atoms with van der Waals surface area (Å²) in [4.78, 5) is 20.0. The summed E-state index contributed by atoms with van der Waals surface area (Å²) in [6.45, 7) is 6.98. The van der Waals surface area contributed by atoms with Gasteiger partial charge in [-0.15, -0.1) is 10.2 Å². The van der Waals surface area contributed by atoms with E-state index in [9.17, 15) is 4.79 Å². The monoisotopic (exact) mass is 469 g/mol. The Balaban J connectivity index is 1.47. The zero-order valence-electron chi connectivity index (χ0n) is 17.9. The number of anilines is 1. The average Bonchev–Trinajstić information content (AvgIpc) is 3.43. The van der Waals surface area contributed by atoms with E-state index in [0.29, 0.717) is 29.6 Å². The van der Waals surface area contributed by atoms with Gasteiger partial charge in [-0.3, -0.25) is 9.36 Å². The first kappa shape index (κ1) is 21.1. The zero-order valence-corrected chi connectivity index (χ0v) is 19.5. The average molecular weight is 470 g/mol. The number of benzene rings is 1. The van der Waals surface area contributed by atoms with Crippen molar-refractivity contribution in [3.05, 3.63) is 57.0 Å². The van der Waals surface area contributed by atoms with Crippen LogP contribution in [0.1, 0.15) is 23.2 Å². The Bertz CT molecular complexity index is 1310. The molecule has 0 bridgehead atoms. The van der Waals surface area contributed by atoms with Crippen LogP contribution in [0.3, 0.4) is 0 Å². The Morgan fingerprint density at radius 2 is 2.03 bits per heavy atom. The molecule has 1 aromatic carbocycles. The van der Waals surface area contributed by atoms with E-state index in [-0.39, 0.29) is 5.56 Å². The van der Waals surface area contributed by atoms with Crippen molar-refractivity contribution in [2.45, 2.75) is 31.2 Å². The molecule has 0 saturated carbocycles. The molecule has 9 nitrogen and oxygen atoms in total. The molecule has 1 aliphatic heterocycles. The van der Waals surface area contributed by atoms with Crippen molar-refractivity contribution in [2.24, 2.45) is 0 Å². The highest BCUT2D eigenvalue weighted by atomic mass is 32.2. The van der Waals surface area contributed by atoms with Crippen molar-refractivity contribution in [3.63, 3.8) is 0 Å². The molecule has 3 aromatic heterocycles. The van der Waals surface area contributed by atoms with E-state index < -0.39 is 0 Å². The smallest absolute Gasteiger partial charge is 0.275 e. The molecule has 0 unspecified atom stereocenters. The third-order valence-electron chi connectivity index (χ3n) is 5.16. The van der Waals surface area contributed by atoms with Crippen molar-refractivity contribution in [1.82, 2.24) is 29.4 Å². The molecule has 0 aliphatic carbocycles. The Morgan fingerprint density at radius 1 is 1.19 bits per heavy atom. The molecule has 0 radical (unpaired) electrons. The molecule has 0 spiro atoms. The molecule has 1 saturated heterocycles. The minimum Gasteiger partial charge on any atom is -0.378 e. The van der Waals surface area contributed by atoms with E-state index in [4.69, 9.17) is 4.74 Å².